The maximum atomic E-state index is 11.7. The van der Waals surface area contributed by atoms with Crippen LogP contribution < -0.4 is 16.4 Å². The van der Waals surface area contributed by atoms with E-state index in [-0.39, 0.29) is 6.03 Å². The molecule has 0 aliphatic heterocycles. The number of urea groups is 1. The van der Waals surface area contributed by atoms with Gasteiger partial charge in [0.25, 0.3) is 0 Å². The van der Waals surface area contributed by atoms with Crippen molar-refractivity contribution in [3.05, 3.63) is 29.8 Å². The van der Waals surface area contributed by atoms with E-state index in [0.717, 1.165) is 24.1 Å². The topological polar surface area (TPSA) is 67.2 Å². The molecule has 2 amide bonds. The fourth-order valence-corrected chi connectivity index (χ4v) is 1.68. The first-order chi connectivity index (χ1) is 8.45. The van der Waals surface area contributed by atoms with Crippen LogP contribution in [0.1, 0.15) is 39.2 Å². The summed E-state index contributed by atoms with van der Waals surface area (Å²) in [6.07, 6.45) is 2.07. The van der Waals surface area contributed by atoms with E-state index in [9.17, 15) is 4.79 Å². The number of amides is 2. The van der Waals surface area contributed by atoms with Gasteiger partial charge in [-0.05, 0) is 38.0 Å². The summed E-state index contributed by atoms with van der Waals surface area (Å²) in [7, 11) is 0. The number of anilines is 1. The van der Waals surface area contributed by atoms with Gasteiger partial charge < -0.3 is 16.4 Å². The molecule has 0 aliphatic carbocycles. The van der Waals surface area contributed by atoms with Crippen LogP contribution in [0.5, 0.6) is 0 Å². The molecule has 4 heteroatoms. The molecule has 0 heterocycles. The second-order valence-corrected chi connectivity index (χ2v) is 4.98. The quantitative estimate of drug-likeness (QED) is 0.554. The number of nitrogens with two attached hydrogens (primary N) is 1. The molecule has 0 saturated heterocycles. The number of rotatable bonds is 5. The number of nitrogen functional groups attached to an aromatic ring is 1. The van der Waals surface area contributed by atoms with E-state index in [4.69, 9.17) is 5.73 Å². The minimum absolute atomic E-state index is 0.134. The van der Waals surface area contributed by atoms with E-state index in [1.165, 1.54) is 0 Å². The lowest BCUT2D eigenvalue weighted by atomic mass is 9.94. The second kappa shape index (κ2) is 6.28. The molecule has 0 radical (unpaired) electrons. The van der Waals surface area contributed by atoms with Crippen molar-refractivity contribution in [2.24, 2.45) is 0 Å². The number of hydrogen-bond donors (Lipinski definition) is 3. The molecule has 0 bridgehead atoms. The highest BCUT2D eigenvalue weighted by Crippen LogP contribution is 2.20. The highest BCUT2D eigenvalue weighted by atomic mass is 16.2. The van der Waals surface area contributed by atoms with Gasteiger partial charge in [-0.15, -0.1) is 0 Å². The number of benzene rings is 1. The average Bonchev–Trinajstić information content (AvgIpc) is 2.29. The Morgan fingerprint density at radius 1 is 1.28 bits per heavy atom. The van der Waals surface area contributed by atoms with Gasteiger partial charge in [0.05, 0.1) is 5.54 Å². The van der Waals surface area contributed by atoms with E-state index in [1.807, 2.05) is 38.1 Å². The van der Waals surface area contributed by atoms with E-state index in [1.54, 1.807) is 0 Å². The molecule has 0 aliphatic rings. The molecule has 1 rings (SSSR count). The number of hydrogen-bond acceptors (Lipinski definition) is 2. The minimum Gasteiger partial charge on any atom is -0.399 e. The molecule has 0 aromatic heterocycles. The summed E-state index contributed by atoms with van der Waals surface area (Å²) in [4.78, 5) is 11.7. The number of nitrogens with one attached hydrogen (secondary N) is 2. The van der Waals surface area contributed by atoms with Crippen molar-refractivity contribution in [1.82, 2.24) is 10.6 Å². The van der Waals surface area contributed by atoms with E-state index in [2.05, 4.69) is 17.6 Å². The molecule has 4 N–H and O–H groups in total. The summed E-state index contributed by atoms with van der Waals surface area (Å²) in [6.45, 7) is 6.74. The number of carbonyl (C=O) groups is 1. The highest BCUT2D eigenvalue weighted by molar-refractivity contribution is 5.75. The van der Waals surface area contributed by atoms with Gasteiger partial charge in [-0.2, -0.15) is 0 Å². The van der Waals surface area contributed by atoms with Crippen LogP contribution >= 0.6 is 0 Å². The molecule has 1 aromatic rings. The van der Waals surface area contributed by atoms with Crippen molar-refractivity contribution in [2.75, 3.05) is 12.3 Å². The summed E-state index contributed by atoms with van der Waals surface area (Å²) in [6, 6.07) is 7.41. The van der Waals surface area contributed by atoms with Crippen molar-refractivity contribution < 1.29 is 4.79 Å². The van der Waals surface area contributed by atoms with Crippen molar-refractivity contribution in [2.45, 2.75) is 39.2 Å². The van der Waals surface area contributed by atoms with Crippen molar-refractivity contribution in [3.8, 4) is 0 Å². The molecule has 18 heavy (non-hydrogen) atoms. The predicted octanol–water partition coefficient (Wildman–Crippen LogP) is 2.60. The fraction of sp³-hybridized carbons (Fsp3) is 0.500. The van der Waals surface area contributed by atoms with Gasteiger partial charge in [0.2, 0.25) is 0 Å². The van der Waals surface area contributed by atoms with Crippen LogP contribution in [0.4, 0.5) is 10.5 Å². The van der Waals surface area contributed by atoms with Gasteiger partial charge >= 0.3 is 6.03 Å². The summed E-state index contributed by atoms with van der Waals surface area (Å²) in [5.74, 6) is 0. The third kappa shape index (κ3) is 4.28. The van der Waals surface area contributed by atoms with Crippen LogP contribution in [-0.4, -0.2) is 12.6 Å². The zero-order chi connectivity index (χ0) is 13.6. The third-order valence-electron chi connectivity index (χ3n) is 2.87. The van der Waals surface area contributed by atoms with Crippen LogP contribution in [0.2, 0.25) is 0 Å². The molecular weight excluding hydrogens is 226 g/mol. The smallest absolute Gasteiger partial charge is 0.315 e. The van der Waals surface area contributed by atoms with E-state index >= 15 is 0 Å². The molecule has 0 unspecified atom stereocenters. The number of unbranched alkanes of at least 4 members (excludes halogenated alkanes) is 1. The Bertz CT molecular complexity index is 385. The Labute approximate surface area is 109 Å². The van der Waals surface area contributed by atoms with Gasteiger partial charge in [0, 0.05) is 12.2 Å². The Balaban J connectivity index is 2.58. The maximum absolute atomic E-state index is 11.7. The zero-order valence-corrected chi connectivity index (χ0v) is 11.4. The van der Waals surface area contributed by atoms with Gasteiger partial charge in [-0.25, -0.2) is 4.79 Å². The van der Waals surface area contributed by atoms with E-state index in [0.29, 0.717) is 6.54 Å². The summed E-state index contributed by atoms with van der Waals surface area (Å²) in [5, 5.41) is 5.81. The molecule has 1 aromatic carbocycles. The molecule has 0 fully saturated rings. The molecular formula is C14H23N3O. The first-order valence-corrected chi connectivity index (χ1v) is 6.37. The molecule has 0 saturated carbocycles. The Morgan fingerprint density at radius 3 is 2.44 bits per heavy atom. The fourth-order valence-electron chi connectivity index (χ4n) is 1.68. The summed E-state index contributed by atoms with van der Waals surface area (Å²) < 4.78 is 0. The molecule has 0 atom stereocenters. The maximum Gasteiger partial charge on any atom is 0.315 e. The average molecular weight is 249 g/mol. The molecule has 100 valence electrons. The van der Waals surface area contributed by atoms with Gasteiger partial charge in [0.15, 0.2) is 0 Å². The van der Waals surface area contributed by atoms with Gasteiger partial charge in [-0.1, -0.05) is 25.5 Å². The molecule has 0 spiro atoms. The van der Waals surface area contributed by atoms with Crippen molar-refractivity contribution in [3.63, 3.8) is 0 Å². The third-order valence-corrected chi connectivity index (χ3v) is 2.87. The summed E-state index contributed by atoms with van der Waals surface area (Å²) in [5.41, 5.74) is 6.99. The SMILES string of the molecule is CCCCNC(=O)NC(C)(C)c1ccc(N)cc1. The Kier molecular flexibility index (Phi) is 5.01. The first kappa shape index (κ1) is 14.4. The Morgan fingerprint density at radius 2 is 1.89 bits per heavy atom. The second-order valence-electron chi connectivity index (χ2n) is 4.98. The predicted molar refractivity (Wildman–Crippen MR) is 75.3 cm³/mol. The van der Waals surface area contributed by atoms with Gasteiger partial charge in [-0.3, -0.25) is 0 Å². The van der Waals surface area contributed by atoms with Crippen LogP contribution in [0.3, 0.4) is 0 Å². The van der Waals surface area contributed by atoms with E-state index < -0.39 is 5.54 Å². The first-order valence-electron chi connectivity index (χ1n) is 6.37. The normalized spacial score (nSPS) is 11.1. The summed E-state index contributed by atoms with van der Waals surface area (Å²) >= 11 is 0. The van der Waals surface area contributed by atoms with Crippen LogP contribution in [0.25, 0.3) is 0 Å². The minimum atomic E-state index is -0.413. The molecule has 4 nitrogen and oxygen atoms in total. The van der Waals surface area contributed by atoms with Crippen molar-refractivity contribution >= 4 is 11.7 Å². The highest BCUT2D eigenvalue weighted by Gasteiger charge is 2.22. The van der Waals surface area contributed by atoms with Crippen molar-refractivity contribution in [1.29, 1.82) is 0 Å². The van der Waals surface area contributed by atoms with Crippen LogP contribution in [0.15, 0.2) is 24.3 Å². The largest absolute Gasteiger partial charge is 0.399 e. The van der Waals surface area contributed by atoms with Crippen LogP contribution in [0, 0.1) is 0 Å². The lowest BCUT2D eigenvalue weighted by Gasteiger charge is -2.27. The lowest BCUT2D eigenvalue weighted by Crippen LogP contribution is -2.46. The standard InChI is InChI=1S/C14H23N3O/c1-4-5-10-16-13(18)17-14(2,3)11-6-8-12(15)9-7-11/h6-9H,4-5,10,15H2,1-3H3,(H2,16,17,18). The Hall–Kier alpha value is -1.71. The van der Waals surface area contributed by atoms with Gasteiger partial charge in [0.1, 0.15) is 0 Å². The van der Waals surface area contributed by atoms with Crippen LogP contribution in [-0.2, 0) is 5.54 Å². The number of carbonyl (C=O) groups excluding carboxylic acids is 1. The zero-order valence-electron chi connectivity index (χ0n) is 11.4. The lowest BCUT2D eigenvalue weighted by molar-refractivity contribution is 0.230. The monoisotopic (exact) mass is 249 g/mol.